The van der Waals surface area contributed by atoms with Crippen molar-refractivity contribution in [3.05, 3.63) is 35.9 Å². The molecule has 0 aliphatic heterocycles. The van der Waals surface area contributed by atoms with Crippen LogP contribution in [0.25, 0.3) is 0 Å². The molecule has 0 spiro atoms. The first-order valence-corrected chi connectivity index (χ1v) is 10.1. The van der Waals surface area contributed by atoms with Crippen molar-refractivity contribution in [1.82, 2.24) is 0 Å². The van der Waals surface area contributed by atoms with Crippen LogP contribution in [-0.2, 0) is 0 Å². The van der Waals surface area contributed by atoms with Crippen molar-refractivity contribution >= 4 is 0 Å². The second-order valence-corrected chi connectivity index (χ2v) is 7.79. The lowest BCUT2D eigenvalue weighted by atomic mass is 10.0. The highest BCUT2D eigenvalue weighted by molar-refractivity contribution is 5.17. The Morgan fingerprint density at radius 1 is 0.792 bits per heavy atom. The van der Waals surface area contributed by atoms with E-state index in [1.54, 1.807) is 0 Å². The number of unbranched alkanes of at least 4 members (excludes halogenated alkanes) is 9. The second kappa shape index (κ2) is 12.5. The van der Waals surface area contributed by atoms with Crippen LogP contribution in [0.5, 0.6) is 0 Å². The number of rotatable bonds is 14. The first-order valence-electron chi connectivity index (χ1n) is 10.1. The zero-order valence-electron chi connectivity index (χ0n) is 16.3. The van der Waals surface area contributed by atoms with Gasteiger partial charge in [0.05, 0.1) is 27.2 Å². The van der Waals surface area contributed by atoms with Gasteiger partial charge in [-0.3, -0.25) is 0 Å². The van der Waals surface area contributed by atoms with E-state index in [2.05, 4.69) is 45.3 Å². The van der Waals surface area contributed by atoms with E-state index < -0.39 is 0 Å². The van der Waals surface area contributed by atoms with Crippen molar-refractivity contribution in [3.8, 4) is 0 Å². The average molecular weight is 335 g/mol. The molecule has 0 unspecified atom stereocenters. The van der Waals surface area contributed by atoms with E-state index in [1.165, 1.54) is 69.8 Å². The maximum atomic E-state index is 9.86. The minimum absolute atomic E-state index is 0.185. The summed E-state index contributed by atoms with van der Waals surface area (Å²) in [6, 6.07) is 10.6. The van der Waals surface area contributed by atoms with Crippen molar-refractivity contribution in [3.63, 3.8) is 0 Å². The Morgan fingerprint density at radius 2 is 1.29 bits per heavy atom. The summed E-state index contributed by atoms with van der Waals surface area (Å²) in [5.74, 6) is 0. The topological polar surface area (TPSA) is 20.2 Å². The van der Waals surface area contributed by atoms with Gasteiger partial charge in [0, 0.05) is 5.56 Å². The molecule has 0 bridgehead atoms. The molecule has 0 fully saturated rings. The number of hydrogen-bond acceptors (Lipinski definition) is 1. The van der Waals surface area contributed by atoms with Gasteiger partial charge in [-0.15, -0.1) is 0 Å². The zero-order chi connectivity index (χ0) is 17.7. The third kappa shape index (κ3) is 8.30. The lowest BCUT2D eigenvalue weighted by Crippen LogP contribution is -2.45. The average Bonchev–Trinajstić information content (AvgIpc) is 2.58. The Hall–Kier alpha value is -0.860. The fourth-order valence-corrected chi connectivity index (χ4v) is 3.57. The van der Waals surface area contributed by atoms with Gasteiger partial charge in [-0.2, -0.15) is 0 Å². The fraction of sp³-hybridized carbons (Fsp3) is 0.727. The van der Waals surface area contributed by atoms with Gasteiger partial charge in [0.15, 0.2) is 0 Å². The van der Waals surface area contributed by atoms with Crippen LogP contribution in [-0.4, -0.2) is 36.8 Å². The van der Waals surface area contributed by atoms with Crippen molar-refractivity contribution in [2.45, 2.75) is 77.2 Å². The molecule has 0 saturated carbocycles. The Labute approximate surface area is 150 Å². The van der Waals surface area contributed by atoms with Crippen LogP contribution in [0.1, 0.15) is 82.7 Å². The molecule has 2 heteroatoms. The molecule has 0 amide bonds. The molecule has 0 heterocycles. The standard InChI is InChI=1S/C22H40NO/c1-4-5-6-7-8-9-10-11-12-16-19-23(2,3)22(20-24)21-17-14-13-15-18-21/h13-15,17-18,22,24H,4-12,16,19-20H2,1-3H3/q+1/t22-/m0/s1. The molecule has 2 nitrogen and oxygen atoms in total. The quantitative estimate of drug-likeness (QED) is 0.341. The number of aliphatic hydroxyl groups excluding tert-OH is 1. The number of benzene rings is 1. The highest BCUT2D eigenvalue weighted by atomic mass is 16.3. The van der Waals surface area contributed by atoms with Gasteiger partial charge in [0.2, 0.25) is 0 Å². The Bertz CT molecular complexity index is 402. The van der Waals surface area contributed by atoms with E-state index in [-0.39, 0.29) is 12.6 Å². The van der Waals surface area contributed by atoms with Crippen LogP contribution >= 0.6 is 0 Å². The minimum Gasteiger partial charge on any atom is -0.390 e. The number of nitrogens with zero attached hydrogens (tertiary/aromatic N) is 1. The van der Waals surface area contributed by atoms with Crippen molar-refractivity contribution < 1.29 is 9.59 Å². The van der Waals surface area contributed by atoms with E-state index in [9.17, 15) is 5.11 Å². The molecule has 0 saturated heterocycles. The molecule has 1 atom stereocenters. The Morgan fingerprint density at radius 3 is 1.79 bits per heavy atom. The highest BCUT2D eigenvalue weighted by Gasteiger charge is 2.28. The molecule has 138 valence electrons. The van der Waals surface area contributed by atoms with Crippen LogP contribution in [0.3, 0.4) is 0 Å². The summed E-state index contributed by atoms with van der Waals surface area (Å²) in [7, 11) is 4.50. The SMILES string of the molecule is CCCCCCCCCCCC[N+](C)(C)[C@@H](CO)c1ccccc1. The first-order chi connectivity index (χ1) is 11.6. The molecule has 1 N–H and O–H groups in total. The van der Waals surface area contributed by atoms with Crippen LogP contribution < -0.4 is 0 Å². The normalized spacial score (nSPS) is 13.2. The number of likely N-dealkylation sites (N-methyl/N-ethyl adjacent to an activating group) is 1. The van der Waals surface area contributed by atoms with E-state index in [0.29, 0.717) is 0 Å². The minimum atomic E-state index is 0.185. The molecule has 1 rings (SSSR count). The lowest BCUT2D eigenvalue weighted by Gasteiger charge is -2.37. The van der Waals surface area contributed by atoms with Crippen molar-refractivity contribution in [2.75, 3.05) is 27.2 Å². The van der Waals surface area contributed by atoms with Gasteiger partial charge < -0.3 is 9.59 Å². The molecule has 1 aromatic rings. The van der Waals surface area contributed by atoms with Crippen LogP contribution in [0.4, 0.5) is 0 Å². The number of hydrogen-bond donors (Lipinski definition) is 1. The molecule has 0 aromatic heterocycles. The van der Waals surface area contributed by atoms with E-state index >= 15 is 0 Å². The van der Waals surface area contributed by atoms with E-state index in [0.717, 1.165) is 11.0 Å². The van der Waals surface area contributed by atoms with Gasteiger partial charge in [-0.1, -0.05) is 88.6 Å². The predicted octanol–water partition coefficient (Wildman–Crippen LogP) is 5.72. The van der Waals surface area contributed by atoms with Gasteiger partial charge in [-0.05, 0) is 12.8 Å². The van der Waals surface area contributed by atoms with Crippen molar-refractivity contribution in [1.29, 1.82) is 0 Å². The maximum Gasteiger partial charge on any atom is 0.138 e. The molecule has 24 heavy (non-hydrogen) atoms. The van der Waals surface area contributed by atoms with Gasteiger partial charge in [-0.25, -0.2) is 0 Å². The first kappa shape index (κ1) is 21.2. The molecule has 0 aliphatic carbocycles. The highest BCUT2D eigenvalue weighted by Crippen LogP contribution is 2.25. The van der Waals surface area contributed by atoms with Gasteiger partial charge in [0.25, 0.3) is 0 Å². The lowest BCUT2D eigenvalue weighted by molar-refractivity contribution is -0.921. The maximum absolute atomic E-state index is 9.86. The summed E-state index contributed by atoms with van der Waals surface area (Å²) in [5, 5.41) is 9.86. The van der Waals surface area contributed by atoms with Gasteiger partial charge in [0.1, 0.15) is 6.04 Å². The molecule has 0 aliphatic rings. The summed E-state index contributed by atoms with van der Waals surface area (Å²) < 4.78 is 0.873. The summed E-state index contributed by atoms with van der Waals surface area (Å²) in [5.41, 5.74) is 1.25. The fourth-order valence-electron chi connectivity index (χ4n) is 3.57. The smallest absolute Gasteiger partial charge is 0.138 e. The molecule has 0 radical (unpaired) electrons. The Balaban J connectivity index is 2.18. The number of quaternary nitrogens is 1. The number of aliphatic hydroxyl groups is 1. The van der Waals surface area contributed by atoms with E-state index in [4.69, 9.17) is 0 Å². The van der Waals surface area contributed by atoms with Crippen LogP contribution in [0, 0.1) is 0 Å². The Kier molecular flexibility index (Phi) is 11.0. The second-order valence-electron chi connectivity index (χ2n) is 7.79. The zero-order valence-corrected chi connectivity index (χ0v) is 16.3. The monoisotopic (exact) mass is 334 g/mol. The predicted molar refractivity (Wildman–Crippen MR) is 105 cm³/mol. The summed E-state index contributed by atoms with van der Waals surface area (Å²) in [4.78, 5) is 0. The summed E-state index contributed by atoms with van der Waals surface area (Å²) in [6.45, 7) is 3.63. The van der Waals surface area contributed by atoms with Gasteiger partial charge >= 0.3 is 0 Å². The summed E-state index contributed by atoms with van der Waals surface area (Å²) >= 11 is 0. The third-order valence-electron chi connectivity index (χ3n) is 5.29. The summed E-state index contributed by atoms with van der Waals surface area (Å²) in [6.07, 6.45) is 13.7. The molecular weight excluding hydrogens is 294 g/mol. The van der Waals surface area contributed by atoms with Crippen LogP contribution in [0.2, 0.25) is 0 Å². The molecular formula is C22H40NO+. The largest absolute Gasteiger partial charge is 0.390 e. The van der Waals surface area contributed by atoms with E-state index in [1.807, 2.05) is 6.07 Å². The van der Waals surface area contributed by atoms with Crippen molar-refractivity contribution in [2.24, 2.45) is 0 Å². The third-order valence-corrected chi connectivity index (χ3v) is 5.29. The molecule has 1 aromatic carbocycles. The van der Waals surface area contributed by atoms with Crippen LogP contribution in [0.15, 0.2) is 30.3 Å².